The number of hydrogen-bond acceptors (Lipinski definition) is 7. The first-order valence-corrected chi connectivity index (χ1v) is 15.3. The predicted molar refractivity (Wildman–Crippen MR) is 161 cm³/mol. The van der Waals surface area contributed by atoms with Crippen LogP contribution < -0.4 is 25.4 Å². The highest BCUT2D eigenvalue weighted by atomic mass is 32.2. The normalized spacial score (nSPS) is 12.0. The van der Waals surface area contributed by atoms with Gasteiger partial charge >= 0.3 is 6.03 Å². The number of anilines is 2. The second kappa shape index (κ2) is 16.5. The zero-order valence-electron chi connectivity index (χ0n) is 23.3. The van der Waals surface area contributed by atoms with Gasteiger partial charge in [-0.05, 0) is 73.5 Å². The van der Waals surface area contributed by atoms with Crippen molar-refractivity contribution < 1.29 is 28.2 Å². The van der Waals surface area contributed by atoms with E-state index in [4.69, 9.17) is 4.74 Å². The first-order chi connectivity index (χ1) is 19.8. The number of phenolic OH excluding ortho intramolecular Hbond substituents is 1. The van der Waals surface area contributed by atoms with Crippen LogP contribution >= 0.6 is 0 Å². The third kappa shape index (κ3) is 11.3. The van der Waals surface area contributed by atoms with Crippen molar-refractivity contribution in [3.8, 4) is 11.5 Å². The first-order valence-electron chi connectivity index (χ1n) is 13.8. The van der Waals surface area contributed by atoms with Gasteiger partial charge in [-0.25, -0.2) is 13.2 Å². The van der Waals surface area contributed by atoms with Crippen LogP contribution in [-0.4, -0.2) is 57.0 Å². The highest BCUT2D eigenvalue weighted by molar-refractivity contribution is 7.92. The monoisotopic (exact) mass is 584 g/mol. The molecule has 0 aliphatic rings. The smallest absolute Gasteiger partial charge is 0.319 e. The van der Waals surface area contributed by atoms with Gasteiger partial charge in [0.15, 0.2) is 0 Å². The third-order valence-electron chi connectivity index (χ3n) is 6.20. The molecule has 2 amide bonds. The van der Waals surface area contributed by atoms with Gasteiger partial charge in [0, 0.05) is 18.8 Å². The van der Waals surface area contributed by atoms with Crippen molar-refractivity contribution in [2.75, 3.05) is 36.3 Å². The highest BCUT2D eigenvalue weighted by Gasteiger charge is 2.19. The maximum Gasteiger partial charge on any atom is 0.319 e. The Balaban J connectivity index is 1.44. The van der Waals surface area contributed by atoms with Gasteiger partial charge in [0.2, 0.25) is 0 Å². The van der Waals surface area contributed by atoms with Crippen LogP contribution in [0.1, 0.15) is 38.2 Å². The van der Waals surface area contributed by atoms with E-state index < -0.39 is 22.2 Å². The van der Waals surface area contributed by atoms with E-state index in [2.05, 4.69) is 27.6 Å². The molecule has 0 unspecified atom stereocenters. The van der Waals surface area contributed by atoms with E-state index in [1.54, 1.807) is 42.5 Å². The Kier molecular flexibility index (Phi) is 12.7. The fraction of sp³-hybridized carbons (Fsp3) is 0.367. The lowest BCUT2D eigenvalue weighted by Crippen LogP contribution is -2.32. The van der Waals surface area contributed by atoms with Crippen molar-refractivity contribution in [3.05, 3.63) is 78.4 Å². The van der Waals surface area contributed by atoms with Crippen molar-refractivity contribution in [1.29, 1.82) is 0 Å². The van der Waals surface area contributed by atoms with E-state index in [-0.39, 0.29) is 22.9 Å². The van der Waals surface area contributed by atoms with Gasteiger partial charge in [0.25, 0.3) is 10.0 Å². The van der Waals surface area contributed by atoms with Crippen LogP contribution in [0.2, 0.25) is 0 Å². The molecule has 0 aliphatic heterocycles. The molecule has 41 heavy (non-hydrogen) atoms. The Morgan fingerprint density at radius 2 is 1.66 bits per heavy atom. The number of aliphatic hydroxyl groups is 1. The molecule has 10 nitrogen and oxygen atoms in total. The lowest BCUT2D eigenvalue weighted by Gasteiger charge is -2.14. The molecule has 0 spiro atoms. The predicted octanol–water partition coefficient (Wildman–Crippen LogP) is 4.47. The van der Waals surface area contributed by atoms with Crippen LogP contribution in [0.4, 0.5) is 16.2 Å². The summed E-state index contributed by atoms with van der Waals surface area (Å²) in [7, 11) is -3.95. The first kappa shape index (κ1) is 31.7. The molecule has 0 bridgehead atoms. The Morgan fingerprint density at radius 3 is 2.39 bits per heavy atom. The molecule has 0 aliphatic carbocycles. The van der Waals surface area contributed by atoms with Crippen molar-refractivity contribution in [1.82, 2.24) is 10.6 Å². The van der Waals surface area contributed by atoms with Crippen LogP contribution in [-0.2, 0) is 16.4 Å². The zero-order chi connectivity index (χ0) is 29.5. The number of benzene rings is 3. The fourth-order valence-corrected chi connectivity index (χ4v) is 5.19. The number of ether oxygens (including phenoxy) is 1. The van der Waals surface area contributed by atoms with E-state index in [0.717, 1.165) is 31.2 Å². The fourth-order valence-electron chi connectivity index (χ4n) is 3.97. The standard InChI is InChI=1S/C30H40N4O6S/c1-2-3-4-7-19-32-30(37)33-28-8-5-6-9-29(28)41(38,39)34-24-12-10-23(11-13-24)18-20-31-21-26(36)22-40-27-16-14-25(35)15-17-27/h5-6,8-17,26,31,34-36H,2-4,7,18-22H2,1H3,(H2,32,33,37)/t26-/m0/s1. The van der Waals surface area contributed by atoms with Crippen LogP contribution in [0.3, 0.4) is 0 Å². The molecule has 0 saturated heterocycles. The molecule has 222 valence electrons. The lowest BCUT2D eigenvalue weighted by molar-refractivity contribution is 0.106. The summed E-state index contributed by atoms with van der Waals surface area (Å²) >= 11 is 0. The van der Waals surface area contributed by atoms with Gasteiger partial charge in [-0.1, -0.05) is 50.5 Å². The molecule has 3 aromatic carbocycles. The van der Waals surface area contributed by atoms with Crippen molar-refractivity contribution in [3.63, 3.8) is 0 Å². The maximum atomic E-state index is 13.1. The minimum absolute atomic E-state index is 0.0256. The molecule has 0 radical (unpaired) electrons. The second-order valence-electron chi connectivity index (χ2n) is 9.65. The molecule has 3 aromatic rings. The quantitative estimate of drug-likeness (QED) is 0.128. The van der Waals surface area contributed by atoms with Crippen molar-refractivity contribution in [2.45, 2.75) is 50.0 Å². The van der Waals surface area contributed by atoms with Crippen LogP contribution in [0, 0.1) is 0 Å². The number of urea groups is 1. The number of para-hydroxylation sites is 1. The summed E-state index contributed by atoms with van der Waals surface area (Å²) in [4.78, 5) is 12.3. The Bertz CT molecular complexity index is 1320. The van der Waals surface area contributed by atoms with Gasteiger partial charge in [0.1, 0.15) is 29.1 Å². The Hall–Kier alpha value is -3.80. The summed E-state index contributed by atoms with van der Waals surface area (Å²) in [5, 5.41) is 28.0. The Morgan fingerprint density at radius 1 is 0.927 bits per heavy atom. The Labute approximate surface area is 242 Å². The number of rotatable bonds is 17. The molecule has 0 saturated carbocycles. The summed E-state index contributed by atoms with van der Waals surface area (Å²) in [5.41, 5.74) is 1.59. The lowest BCUT2D eigenvalue weighted by atomic mass is 10.1. The van der Waals surface area contributed by atoms with E-state index in [0.29, 0.717) is 37.5 Å². The van der Waals surface area contributed by atoms with E-state index in [1.165, 1.54) is 18.2 Å². The number of phenols is 1. The number of aromatic hydroxyl groups is 1. The number of carbonyl (C=O) groups excluding carboxylic acids is 1. The number of sulfonamides is 1. The molecule has 11 heteroatoms. The summed E-state index contributed by atoms with van der Waals surface area (Å²) in [5.74, 6) is 0.716. The molecule has 3 rings (SSSR count). The number of hydrogen-bond donors (Lipinski definition) is 6. The van der Waals surface area contributed by atoms with Crippen LogP contribution in [0.5, 0.6) is 11.5 Å². The largest absolute Gasteiger partial charge is 0.508 e. The molecular formula is C30H40N4O6S. The molecule has 0 aromatic heterocycles. The van der Waals surface area contributed by atoms with Crippen LogP contribution in [0.15, 0.2) is 77.7 Å². The summed E-state index contributed by atoms with van der Waals surface area (Å²) in [6.07, 6.45) is 4.10. The second-order valence-corrected chi connectivity index (χ2v) is 11.3. The van der Waals surface area contributed by atoms with Gasteiger partial charge in [-0.15, -0.1) is 0 Å². The number of carbonyl (C=O) groups is 1. The van der Waals surface area contributed by atoms with Gasteiger partial charge in [0.05, 0.1) is 5.69 Å². The topological polar surface area (TPSA) is 149 Å². The van der Waals surface area contributed by atoms with E-state index >= 15 is 0 Å². The minimum atomic E-state index is -3.95. The maximum absolute atomic E-state index is 13.1. The van der Waals surface area contributed by atoms with Gasteiger partial charge in [-0.3, -0.25) is 4.72 Å². The van der Waals surface area contributed by atoms with E-state index in [9.17, 15) is 23.4 Å². The SMILES string of the molecule is CCCCCCNC(=O)Nc1ccccc1S(=O)(=O)Nc1ccc(CCNC[C@H](O)COc2ccc(O)cc2)cc1. The minimum Gasteiger partial charge on any atom is -0.508 e. The molecule has 0 heterocycles. The molecule has 6 N–H and O–H groups in total. The molecule has 1 atom stereocenters. The van der Waals surface area contributed by atoms with Crippen molar-refractivity contribution >= 4 is 27.4 Å². The number of aliphatic hydroxyl groups excluding tert-OH is 1. The summed E-state index contributed by atoms with van der Waals surface area (Å²) < 4.78 is 34.3. The third-order valence-corrected chi connectivity index (χ3v) is 7.64. The van der Waals surface area contributed by atoms with Gasteiger partial charge in [-0.2, -0.15) is 0 Å². The average Bonchev–Trinajstić information content (AvgIpc) is 2.96. The number of amides is 2. The molecular weight excluding hydrogens is 544 g/mol. The highest BCUT2D eigenvalue weighted by Crippen LogP contribution is 2.24. The molecule has 0 fully saturated rings. The number of unbranched alkanes of at least 4 members (excludes halogenated alkanes) is 3. The summed E-state index contributed by atoms with van der Waals surface area (Å²) in [6.45, 7) is 3.72. The average molecular weight is 585 g/mol. The van der Waals surface area contributed by atoms with Crippen molar-refractivity contribution in [2.24, 2.45) is 0 Å². The zero-order valence-corrected chi connectivity index (χ0v) is 24.1. The van der Waals surface area contributed by atoms with E-state index in [1.807, 2.05) is 12.1 Å². The van der Waals surface area contributed by atoms with Crippen LogP contribution in [0.25, 0.3) is 0 Å². The summed E-state index contributed by atoms with van der Waals surface area (Å²) in [6, 6.07) is 19.2. The van der Waals surface area contributed by atoms with Gasteiger partial charge < -0.3 is 30.9 Å². The number of nitrogens with one attached hydrogen (secondary N) is 4.